The molecule has 1 aromatic carbocycles. The van der Waals surface area contributed by atoms with E-state index in [2.05, 4.69) is 20.6 Å². The molecule has 1 aliphatic rings. The van der Waals surface area contributed by atoms with Gasteiger partial charge in [-0.3, -0.25) is 5.32 Å². The second kappa shape index (κ2) is 6.79. The molecule has 0 bridgehead atoms. The topological polar surface area (TPSA) is 149 Å². The summed E-state index contributed by atoms with van der Waals surface area (Å²) in [5, 5.41) is 22.6. The number of fused-ring (bicyclic) bond motifs is 1. The van der Waals surface area contributed by atoms with Crippen molar-refractivity contribution in [2.75, 3.05) is 16.8 Å². The molecule has 0 aliphatic carbocycles. The Bertz CT molecular complexity index is 1130. The first-order valence-corrected chi connectivity index (χ1v) is 7.64. The zero-order valence-electron chi connectivity index (χ0n) is 14.1. The van der Waals surface area contributed by atoms with Crippen molar-refractivity contribution >= 4 is 23.3 Å². The number of hydrogen-bond acceptors (Lipinski definition) is 8. The molecule has 0 saturated carbocycles. The number of nitrogens with zero attached hydrogens (tertiary/aromatic N) is 4. The van der Waals surface area contributed by atoms with Crippen molar-refractivity contribution in [1.82, 2.24) is 10.3 Å². The molecular weight excluding hydrogens is 399 g/mol. The molecule has 29 heavy (non-hydrogen) atoms. The summed E-state index contributed by atoms with van der Waals surface area (Å²) in [7, 11) is 0. The fourth-order valence-corrected chi connectivity index (χ4v) is 2.80. The van der Waals surface area contributed by atoms with Gasteiger partial charge < -0.3 is 16.8 Å². The predicted molar refractivity (Wildman–Crippen MR) is 90.8 cm³/mol. The summed E-state index contributed by atoms with van der Waals surface area (Å²) in [6.07, 6.45) is -3.57. The lowest BCUT2D eigenvalue weighted by molar-refractivity contribution is -0.140. The Balaban J connectivity index is 2.29. The van der Waals surface area contributed by atoms with E-state index in [0.29, 0.717) is 12.1 Å². The van der Waals surface area contributed by atoms with E-state index in [9.17, 15) is 27.2 Å². The predicted octanol–water partition coefficient (Wildman–Crippen LogP) is 2.36. The lowest BCUT2D eigenvalue weighted by Gasteiger charge is -2.26. The van der Waals surface area contributed by atoms with Crippen LogP contribution in [0.4, 0.5) is 39.3 Å². The van der Waals surface area contributed by atoms with Crippen LogP contribution in [0.1, 0.15) is 28.3 Å². The molecule has 6 N–H and O–H groups in total. The normalized spacial score (nSPS) is 15.4. The second-order valence-electron chi connectivity index (χ2n) is 5.73. The standard InChI is InChI=1S/C16H9F5N8/c17-9-5(1-2-7(10(9)18)16(19,20)21)12-8-11(24)6(3-22)13(25)28-14(8)29-15(27-12)26-4-23/h1-2,12H,(H6,24,25,26,27,28,29). The zero-order valence-corrected chi connectivity index (χ0v) is 14.1. The quantitative estimate of drug-likeness (QED) is 0.321. The summed E-state index contributed by atoms with van der Waals surface area (Å²) >= 11 is 0. The molecule has 0 saturated heterocycles. The van der Waals surface area contributed by atoms with Gasteiger partial charge in [0.2, 0.25) is 5.96 Å². The first-order chi connectivity index (χ1) is 13.6. The van der Waals surface area contributed by atoms with Crippen LogP contribution in [0.25, 0.3) is 0 Å². The second-order valence-corrected chi connectivity index (χ2v) is 5.73. The molecule has 13 heteroatoms. The zero-order chi connectivity index (χ0) is 21.5. The van der Waals surface area contributed by atoms with Crippen molar-refractivity contribution < 1.29 is 22.0 Å². The Hall–Kier alpha value is -4.13. The molecule has 8 nitrogen and oxygen atoms in total. The molecule has 2 aromatic rings. The molecule has 1 unspecified atom stereocenters. The summed E-state index contributed by atoms with van der Waals surface area (Å²) in [4.78, 5) is 7.86. The van der Waals surface area contributed by atoms with E-state index >= 15 is 0 Å². The monoisotopic (exact) mass is 408 g/mol. The van der Waals surface area contributed by atoms with Gasteiger partial charge in [-0.2, -0.15) is 23.7 Å². The highest BCUT2D eigenvalue weighted by Gasteiger charge is 2.38. The van der Waals surface area contributed by atoms with Gasteiger partial charge in [-0.15, -0.1) is 0 Å². The van der Waals surface area contributed by atoms with Crippen molar-refractivity contribution in [3.05, 3.63) is 46.0 Å². The number of pyridine rings is 1. The van der Waals surface area contributed by atoms with Crippen molar-refractivity contribution in [2.24, 2.45) is 4.99 Å². The average molecular weight is 408 g/mol. The number of nitrogens with one attached hydrogen (secondary N) is 2. The average Bonchev–Trinajstić information content (AvgIpc) is 2.62. The maximum Gasteiger partial charge on any atom is 0.419 e. The van der Waals surface area contributed by atoms with E-state index in [4.69, 9.17) is 16.7 Å². The van der Waals surface area contributed by atoms with Crippen molar-refractivity contribution in [1.29, 1.82) is 10.5 Å². The minimum atomic E-state index is -5.12. The van der Waals surface area contributed by atoms with Crippen molar-refractivity contribution in [3.63, 3.8) is 0 Å². The van der Waals surface area contributed by atoms with Crippen LogP contribution >= 0.6 is 0 Å². The van der Waals surface area contributed by atoms with Crippen molar-refractivity contribution in [3.8, 4) is 12.3 Å². The number of aliphatic imine (C=N–C) groups is 1. The van der Waals surface area contributed by atoms with E-state index in [0.717, 1.165) is 0 Å². The van der Waals surface area contributed by atoms with E-state index < -0.39 is 35.0 Å². The minimum Gasteiger partial charge on any atom is -0.397 e. The van der Waals surface area contributed by atoms with E-state index in [1.165, 1.54) is 0 Å². The van der Waals surface area contributed by atoms with E-state index in [-0.39, 0.29) is 34.4 Å². The van der Waals surface area contributed by atoms with E-state index in [1.807, 2.05) is 0 Å². The molecule has 3 rings (SSSR count). The van der Waals surface area contributed by atoms with Gasteiger partial charge in [-0.25, -0.2) is 18.8 Å². The number of rotatable bonds is 1. The van der Waals surface area contributed by atoms with Gasteiger partial charge in [0.25, 0.3) is 0 Å². The van der Waals surface area contributed by atoms with Crippen molar-refractivity contribution in [2.45, 2.75) is 12.2 Å². The lowest BCUT2D eigenvalue weighted by Crippen LogP contribution is -2.33. The Morgan fingerprint density at radius 3 is 2.41 bits per heavy atom. The fraction of sp³-hybridized carbons (Fsp3) is 0.125. The highest BCUT2D eigenvalue weighted by atomic mass is 19.4. The fourth-order valence-electron chi connectivity index (χ4n) is 2.80. The summed E-state index contributed by atoms with van der Waals surface area (Å²) in [6, 6.07) is 1.24. The molecule has 0 radical (unpaired) electrons. The molecule has 0 spiro atoms. The molecule has 1 aromatic heterocycles. The van der Waals surface area contributed by atoms with Gasteiger partial charge in [0.15, 0.2) is 17.8 Å². The first kappa shape index (κ1) is 19.6. The van der Waals surface area contributed by atoms with Crippen LogP contribution < -0.4 is 22.1 Å². The van der Waals surface area contributed by atoms with Gasteiger partial charge in [-0.1, -0.05) is 6.07 Å². The largest absolute Gasteiger partial charge is 0.419 e. The van der Waals surface area contributed by atoms with Crippen LogP contribution in [0.15, 0.2) is 17.1 Å². The molecular formula is C16H9F5N8. The molecule has 0 amide bonds. The Morgan fingerprint density at radius 2 is 1.83 bits per heavy atom. The van der Waals surface area contributed by atoms with Gasteiger partial charge >= 0.3 is 6.18 Å². The highest BCUT2D eigenvalue weighted by molar-refractivity contribution is 5.98. The third-order valence-corrected chi connectivity index (χ3v) is 4.07. The number of nitriles is 2. The SMILES string of the molecule is N#CNC1=NC(c2ccc(C(F)(F)F)c(F)c2F)c2c(nc(N)c(C#N)c2N)N1. The molecule has 1 aliphatic heterocycles. The molecule has 1 atom stereocenters. The number of benzene rings is 1. The number of nitrogen functional groups attached to an aromatic ring is 2. The molecule has 148 valence electrons. The maximum atomic E-state index is 14.6. The van der Waals surface area contributed by atoms with Crippen LogP contribution in [-0.4, -0.2) is 10.9 Å². The number of alkyl halides is 3. The minimum absolute atomic E-state index is 0.114. The van der Waals surface area contributed by atoms with Crippen LogP contribution in [0.2, 0.25) is 0 Å². The highest BCUT2D eigenvalue weighted by Crippen LogP contribution is 2.42. The first-order valence-electron chi connectivity index (χ1n) is 7.64. The summed E-state index contributed by atoms with van der Waals surface area (Å²) in [5.74, 6) is -4.61. The maximum absolute atomic E-state index is 14.6. The summed E-state index contributed by atoms with van der Waals surface area (Å²) < 4.78 is 67.2. The van der Waals surface area contributed by atoms with Crippen LogP contribution in [-0.2, 0) is 6.18 Å². The third-order valence-electron chi connectivity index (χ3n) is 4.07. The number of halogens is 5. The van der Waals surface area contributed by atoms with Gasteiger partial charge in [0.1, 0.15) is 29.3 Å². The molecule has 2 heterocycles. The summed E-state index contributed by atoms with van der Waals surface area (Å²) in [5.41, 5.74) is 8.50. The number of hydrogen-bond donors (Lipinski definition) is 4. The van der Waals surface area contributed by atoms with Gasteiger partial charge in [0.05, 0.1) is 11.3 Å². The van der Waals surface area contributed by atoms with E-state index in [1.54, 1.807) is 12.3 Å². The van der Waals surface area contributed by atoms with Crippen LogP contribution in [0.5, 0.6) is 0 Å². The van der Waals surface area contributed by atoms with Crippen LogP contribution in [0, 0.1) is 34.4 Å². The molecule has 0 fully saturated rings. The number of anilines is 3. The smallest absolute Gasteiger partial charge is 0.397 e. The number of nitrogens with two attached hydrogens (primary N) is 2. The Labute approximate surface area is 159 Å². The number of guanidine groups is 1. The van der Waals surface area contributed by atoms with Gasteiger partial charge in [-0.05, 0) is 6.07 Å². The summed E-state index contributed by atoms with van der Waals surface area (Å²) in [6.45, 7) is 0. The Kier molecular flexibility index (Phi) is 4.60. The number of aromatic nitrogens is 1. The third kappa shape index (κ3) is 3.19. The lowest BCUT2D eigenvalue weighted by atomic mass is 9.93. The van der Waals surface area contributed by atoms with Crippen LogP contribution in [0.3, 0.4) is 0 Å². The van der Waals surface area contributed by atoms with Gasteiger partial charge in [0, 0.05) is 11.1 Å². The Morgan fingerprint density at radius 1 is 1.14 bits per heavy atom.